The monoisotopic (exact) mass is 307 g/mol. The molecule has 1 aromatic rings. The molecular weight excluding hydrogens is 294 g/mol. The van der Waals surface area contributed by atoms with Crippen LogP contribution in [0.5, 0.6) is 0 Å². The zero-order valence-corrected chi connectivity index (χ0v) is 11.9. The number of Topliss-reactive ketones (excluding diaryl/α,β-unsaturated/α-hetero) is 1. The fourth-order valence-corrected chi connectivity index (χ4v) is 2.63. The van der Waals surface area contributed by atoms with Crippen molar-refractivity contribution in [3.8, 4) is 0 Å². The number of hydrogen-bond acceptors (Lipinski definition) is 7. The van der Waals surface area contributed by atoms with Crippen molar-refractivity contribution in [2.45, 2.75) is 6.92 Å². The van der Waals surface area contributed by atoms with E-state index in [1.807, 2.05) is 0 Å². The molecular formula is C9H13N3O5S2. The van der Waals surface area contributed by atoms with E-state index in [1.54, 1.807) is 0 Å². The van der Waals surface area contributed by atoms with Crippen LogP contribution in [-0.2, 0) is 10.0 Å². The quantitative estimate of drug-likeness (QED) is 0.605. The summed E-state index contributed by atoms with van der Waals surface area (Å²) in [6, 6.07) is 0. The maximum absolute atomic E-state index is 11.2. The van der Waals surface area contributed by atoms with Gasteiger partial charge >= 0.3 is 5.97 Å². The number of nitrogens with zero attached hydrogens (tertiary/aromatic N) is 1. The maximum Gasteiger partial charge on any atom is 0.356 e. The van der Waals surface area contributed by atoms with Crippen LogP contribution in [0.15, 0.2) is 0 Å². The summed E-state index contributed by atoms with van der Waals surface area (Å²) < 4.78 is 24.5. The molecule has 0 atom stereocenters. The van der Waals surface area contributed by atoms with E-state index in [-0.39, 0.29) is 28.0 Å². The van der Waals surface area contributed by atoms with Crippen LogP contribution < -0.4 is 10.0 Å². The molecule has 0 aromatic carbocycles. The zero-order chi connectivity index (χ0) is 14.6. The molecule has 0 radical (unpaired) electrons. The van der Waals surface area contributed by atoms with Crippen molar-refractivity contribution < 1.29 is 23.1 Å². The van der Waals surface area contributed by atoms with Crippen LogP contribution in [-0.4, -0.2) is 49.6 Å². The van der Waals surface area contributed by atoms with Crippen molar-refractivity contribution in [1.29, 1.82) is 0 Å². The first-order chi connectivity index (χ1) is 8.76. The molecule has 19 heavy (non-hydrogen) atoms. The van der Waals surface area contributed by atoms with Gasteiger partial charge in [-0.2, -0.15) is 0 Å². The molecule has 0 saturated carbocycles. The zero-order valence-electron chi connectivity index (χ0n) is 10.3. The number of hydrogen-bond donors (Lipinski definition) is 3. The molecule has 10 heteroatoms. The summed E-state index contributed by atoms with van der Waals surface area (Å²) in [7, 11) is -2.04. The molecule has 1 rings (SSSR count). The highest BCUT2D eigenvalue weighted by atomic mass is 32.2. The van der Waals surface area contributed by atoms with E-state index in [2.05, 4.69) is 15.0 Å². The van der Waals surface area contributed by atoms with Crippen molar-refractivity contribution in [3.05, 3.63) is 10.6 Å². The van der Waals surface area contributed by atoms with E-state index in [0.717, 1.165) is 11.3 Å². The molecule has 106 valence electrons. The van der Waals surface area contributed by atoms with E-state index in [4.69, 9.17) is 5.11 Å². The standard InChI is InChI=1S/C9H13N3O5S2/c1-5(13)7-6(8(14)15)12-9(18-7)11-3-4-19(16,17)10-2/h10H,3-4H2,1-2H3,(H,11,12)(H,14,15). The molecule has 0 unspecified atom stereocenters. The molecule has 0 spiro atoms. The van der Waals surface area contributed by atoms with Crippen molar-refractivity contribution in [2.24, 2.45) is 0 Å². The first-order valence-electron chi connectivity index (χ1n) is 5.17. The fourth-order valence-electron chi connectivity index (χ4n) is 1.17. The molecule has 0 aliphatic heterocycles. The highest BCUT2D eigenvalue weighted by molar-refractivity contribution is 7.89. The summed E-state index contributed by atoms with van der Waals surface area (Å²) in [6.07, 6.45) is 0. The van der Waals surface area contributed by atoms with E-state index in [1.165, 1.54) is 14.0 Å². The number of sulfonamides is 1. The topological polar surface area (TPSA) is 125 Å². The average Bonchev–Trinajstić information content (AvgIpc) is 2.73. The van der Waals surface area contributed by atoms with Gasteiger partial charge in [0.2, 0.25) is 10.0 Å². The molecule has 0 aliphatic rings. The summed E-state index contributed by atoms with van der Waals surface area (Å²) in [5.41, 5.74) is -0.323. The lowest BCUT2D eigenvalue weighted by molar-refractivity contribution is 0.0687. The second-order valence-corrected chi connectivity index (χ2v) is 6.55. The number of ketones is 1. The van der Waals surface area contributed by atoms with Gasteiger partial charge in [0.25, 0.3) is 0 Å². The van der Waals surface area contributed by atoms with Gasteiger partial charge in [-0.25, -0.2) is 22.9 Å². The predicted octanol–water partition coefficient (Wildman–Crippen LogP) is 0.00500. The third kappa shape index (κ3) is 4.26. The van der Waals surface area contributed by atoms with Crippen molar-refractivity contribution >= 4 is 38.2 Å². The fraction of sp³-hybridized carbons (Fsp3) is 0.444. The minimum Gasteiger partial charge on any atom is -0.476 e. The number of carboxylic acid groups (broad SMARTS) is 1. The van der Waals surface area contributed by atoms with E-state index in [0.29, 0.717) is 0 Å². The van der Waals surface area contributed by atoms with E-state index in [9.17, 15) is 18.0 Å². The van der Waals surface area contributed by atoms with E-state index < -0.39 is 21.8 Å². The lowest BCUT2D eigenvalue weighted by atomic mass is 10.3. The van der Waals surface area contributed by atoms with E-state index >= 15 is 0 Å². The highest BCUT2D eigenvalue weighted by Gasteiger charge is 2.20. The van der Waals surface area contributed by atoms with Crippen molar-refractivity contribution in [3.63, 3.8) is 0 Å². The third-order valence-electron chi connectivity index (χ3n) is 2.11. The minimum atomic E-state index is -3.34. The molecule has 3 N–H and O–H groups in total. The summed E-state index contributed by atoms with van der Waals surface area (Å²) in [4.78, 5) is 25.9. The number of anilines is 1. The first-order valence-corrected chi connectivity index (χ1v) is 7.64. The molecule has 0 amide bonds. The van der Waals surface area contributed by atoms with Crippen LogP contribution in [0.1, 0.15) is 27.1 Å². The van der Waals surface area contributed by atoms with Crippen LogP contribution in [0.25, 0.3) is 0 Å². The third-order valence-corrected chi connectivity index (χ3v) is 4.59. The Kier molecular flexibility index (Phi) is 4.97. The molecule has 0 saturated heterocycles. The van der Waals surface area contributed by atoms with Crippen LogP contribution in [0.3, 0.4) is 0 Å². The number of aromatic nitrogens is 1. The van der Waals surface area contributed by atoms with Gasteiger partial charge in [0.15, 0.2) is 16.6 Å². The number of carbonyl (C=O) groups excluding carboxylic acids is 1. The lowest BCUT2D eigenvalue weighted by Crippen LogP contribution is -2.26. The van der Waals surface area contributed by atoms with Gasteiger partial charge < -0.3 is 10.4 Å². The number of aromatic carboxylic acids is 1. The highest BCUT2D eigenvalue weighted by Crippen LogP contribution is 2.23. The predicted molar refractivity (Wildman–Crippen MR) is 70.4 cm³/mol. The lowest BCUT2D eigenvalue weighted by Gasteiger charge is -2.02. The molecule has 0 fully saturated rings. The minimum absolute atomic E-state index is 0.0338. The number of carbonyl (C=O) groups is 2. The van der Waals surface area contributed by atoms with Gasteiger partial charge in [-0.1, -0.05) is 11.3 Å². The molecule has 1 aromatic heterocycles. The maximum atomic E-state index is 11.2. The normalized spacial score (nSPS) is 11.3. The Hall–Kier alpha value is -1.52. The van der Waals surface area contributed by atoms with Gasteiger partial charge in [0, 0.05) is 13.5 Å². The Bertz CT molecular complexity index is 561. The summed E-state index contributed by atoms with van der Waals surface area (Å²) in [5.74, 6) is -1.87. The summed E-state index contributed by atoms with van der Waals surface area (Å²) >= 11 is 0.886. The molecule has 8 nitrogen and oxygen atoms in total. The van der Waals surface area contributed by atoms with Crippen LogP contribution in [0.2, 0.25) is 0 Å². The number of nitrogens with one attached hydrogen (secondary N) is 2. The Morgan fingerprint density at radius 3 is 2.47 bits per heavy atom. The van der Waals surface area contributed by atoms with Gasteiger partial charge in [-0.15, -0.1) is 0 Å². The van der Waals surface area contributed by atoms with Crippen LogP contribution in [0, 0.1) is 0 Å². The second kappa shape index (κ2) is 6.08. The van der Waals surface area contributed by atoms with Crippen molar-refractivity contribution in [1.82, 2.24) is 9.71 Å². The second-order valence-electron chi connectivity index (χ2n) is 3.51. The number of carboxylic acids is 1. The molecule has 0 bridgehead atoms. The van der Waals surface area contributed by atoms with Crippen LogP contribution >= 0.6 is 11.3 Å². The summed E-state index contributed by atoms with van der Waals surface area (Å²) in [5, 5.41) is 11.8. The molecule has 1 heterocycles. The Morgan fingerprint density at radius 2 is 2.05 bits per heavy atom. The van der Waals surface area contributed by atoms with Gasteiger partial charge in [0.1, 0.15) is 4.88 Å². The van der Waals surface area contributed by atoms with Crippen molar-refractivity contribution in [2.75, 3.05) is 24.7 Å². The molecule has 0 aliphatic carbocycles. The Labute approximate surface area is 113 Å². The Balaban J connectivity index is 2.78. The van der Waals surface area contributed by atoms with Crippen LogP contribution in [0.4, 0.5) is 5.13 Å². The smallest absolute Gasteiger partial charge is 0.356 e. The number of thiazole rings is 1. The van der Waals surface area contributed by atoms with Gasteiger partial charge in [-0.3, -0.25) is 4.79 Å². The first kappa shape index (κ1) is 15.5. The summed E-state index contributed by atoms with van der Waals surface area (Å²) in [6.45, 7) is 1.31. The Morgan fingerprint density at radius 1 is 1.42 bits per heavy atom. The number of rotatable bonds is 7. The SMILES string of the molecule is CNS(=O)(=O)CCNc1nc(C(=O)O)c(C(C)=O)s1. The van der Waals surface area contributed by atoms with Gasteiger partial charge in [-0.05, 0) is 7.05 Å². The van der Waals surface area contributed by atoms with Gasteiger partial charge in [0.05, 0.1) is 5.75 Å². The average molecular weight is 307 g/mol. The largest absolute Gasteiger partial charge is 0.476 e.